The lowest BCUT2D eigenvalue weighted by Crippen LogP contribution is -2.36. The monoisotopic (exact) mass is 356 g/mol. The second-order valence-electron chi connectivity index (χ2n) is 5.67. The van der Waals surface area contributed by atoms with Crippen LogP contribution in [0.1, 0.15) is 10.6 Å². The number of benzene rings is 2. The molecule has 2 aromatic carbocycles. The molecule has 0 bridgehead atoms. The van der Waals surface area contributed by atoms with Crippen molar-refractivity contribution in [1.29, 1.82) is 0 Å². The van der Waals surface area contributed by atoms with E-state index in [0.717, 1.165) is 47.1 Å². The molecule has 1 fully saturated rings. The number of hydrogen-bond donors (Lipinski definition) is 0. The van der Waals surface area contributed by atoms with Crippen molar-refractivity contribution in [1.82, 2.24) is 4.98 Å². The second-order valence-corrected chi connectivity index (χ2v) is 7.11. The van der Waals surface area contributed by atoms with E-state index in [0.29, 0.717) is 5.03 Å². The number of thiazole rings is 1. The molecule has 2 heterocycles. The number of fused-ring (bicyclic) bond motifs is 1. The summed E-state index contributed by atoms with van der Waals surface area (Å²) in [5, 5.41) is 1.53. The van der Waals surface area contributed by atoms with Gasteiger partial charge in [-0.1, -0.05) is 35.9 Å². The molecular formula is C19H17ClN2OS. The van der Waals surface area contributed by atoms with Gasteiger partial charge in [0.25, 0.3) is 0 Å². The van der Waals surface area contributed by atoms with E-state index < -0.39 is 0 Å². The third-order valence-corrected chi connectivity index (χ3v) is 5.53. The third kappa shape index (κ3) is 3.31. The van der Waals surface area contributed by atoms with Gasteiger partial charge in [-0.3, -0.25) is 0 Å². The number of rotatable bonds is 3. The number of ether oxygens (including phenoxy) is 1. The van der Waals surface area contributed by atoms with E-state index in [2.05, 4.69) is 40.2 Å². The third-order valence-electron chi connectivity index (χ3n) is 4.06. The van der Waals surface area contributed by atoms with Crippen LogP contribution in [0.2, 0.25) is 0 Å². The number of morpholine rings is 1. The van der Waals surface area contributed by atoms with Crippen LogP contribution in [0.4, 0.5) is 5.69 Å². The molecule has 4 rings (SSSR count). The van der Waals surface area contributed by atoms with Gasteiger partial charge in [0.1, 0.15) is 5.01 Å². The minimum Gasteiger partial charge on any atom is -0.378 e. The quantitative estimate of drug-likeness (QED) is 0.669. The lowest BCUT2D eigenvalue weighted by molar-refractivity contribution is 0.122. The molecule has 0 saturated carbocycles. The zero-order valence-electron chi connectivity index (χ0n) is 13.1. The van der Waals surface area contributed by atoms with Gasteiger partial charge in [0.05, 0.1) is 28.5 Å². The number of nitrogens with zero attached hydrogens (tertiary/aromatic N) is 2. The zero-order chi connectivity index (χ0) is 16.4. The Morgan fingerprint density at radius 2 is 1.83 bits per heavy atom. The molecule has 122 valence electrons. The summed E-state index contributed by atoms with van der Waals surface area (Å²) in [5.41, 5.74) is 3.30. The van der Waals surface area contributed by atoms with Crippen molar-refractivity contribution >= 4 is 50.0 Å². The van der Waals surface area contributed by atoms with Crippen LogP contribution in [0.3, 0.4) is 0 Å². The molecule has 0 atom stereocenters. The van der Waals surface area contributed by atoms with Gasteiger partial charge in [-0.05, 0) is 35.9 Å². The van der Waals surface area contributed by atoms with E-state index in [-0.39, 0.29) is 0 Å². The highest BCUT2D eigenvalue weighted by molar-refractivity contribution is 7.20. The molecule has 0 spiro atoms. The molecule has 3 nitrogen and oxygen atoms in total. The van der Waals surface area contributed by atoms with Gasteiger partial charge in [-0.2, -0.15) is 0 Å². The molecule has 1 aromatic heterocycles. The van der Waals surface area contributed by atoms with Crippen LogP contribution in [-0.2, 0) is 4.74 Å². The molecule has 0 N–H and O–H groups in total. The Morgan fingerprint density at radius 1 is 1.08 bits per heavy atom. The fourth-order valence-corrected chi connectivity index (χ4v) is 3.94. The zero-order valence-corrected chi connectivity index (χ0v) is 14.7. The van der Waals surface area contributed by atoms with Crippen LogP contribution in [0, 0.1) is 0 Å². The molecular weight excluding hydrogens is 340 g/mol. The summed E-state index contributed by atoms with van der Waals surface area (Å²) in [4.78, 5) is 6.94. The average Bonchev–Trinajstić information content (AvgIpc) is 3.07. The molecule has 0 unspecified atom stereocenters. The first kappa shape index (κ1) is 15.6. The first-order valence-electron chi connectivity index (χ1n) is 7.95. The molecule has 0 radical (unpaired) electrons. The summed E-state index contributed by atoms with van der Waals surface area (Å²) >= 11 is 8.10. The average molecular weight is 357 g/mol. The number of hydrogen-bond acceptors (Lipinski definition) is 4. The Kier molecular flexibility index (Phi) is 4.52. The molecule has 5 heteroatoms. The predicted molar refractivity (Wildman–Crippen MR) is 103 cm³/mol. The minimum atomic E-state index is 0.676. The molecule has 3 aromatic rings. The summed E-state index contributed by atoms with van der Waals surface area (Å²) < 4.78 is 6.55. The Bertz CT molecular complexity index is 833. The molecule has 0 aliphatic carbocycles. The van der Waals surface area contributed by atoms with Gasteiger partial charge in [0, 0.05) is 18.8 Å². The van der Waals surface area contributed by atoms with Crippen LogP contribution in [0.15, 0.2) is 48.5 Å². The lowest BCUT2D eigenvalue weighted by atomic mass is 10.1. The fraction of sp³-hybridized carbons (Fsp3) is 0.211. The van der Waals surface area contributed by atoms with E-state index in [4.69, 9.17) is 16.3 Å². The Labute approximate surface area is 150 Å². The van der Waals surface area contributed by atoms with Crippen molar-refractivity contribution in [3.8, 4) is 0 Å². The maximum atomic E-state index is 6.48. The van der Waals surface area contributed by atoms with Crippen molar-refractivity contribution in [2.24, 2.45) is 0 Å². The largest absolute Gasteiger partial charge is 0.378 e. The number of anilines is 1. The van der Waals surface area contributed by atoms with E-state index in [1.165, 1.54) is 5.69 Å². The topological polar surface area (TPSA) is 25.4 Å². The predicted octanol–water partition coefficient (Wildman–Crippen LogP) is 4.87. The smallest absolute Gasteiger partial charge is 0.136 e. The van der Waals surface area contributed by atoms with Gasteiger partial charge < -0.3 is 9.64 Å². The number of halogens is 1. The van der Waals surface area contributed by atoms with Crippen molar-refractivity contribution in [3.63, 3.8) is 0 Å². The lowest BCUT2D eigenvalue weighted by Gasteiger charge is -2.28. The van der Waals surface area contributed by atoms with Crippen LogP contribution in [0.5, 0.6) is 0 Å². The normalized spacial score (nSPS) is 15.9. The molecule has 24 heavy (non-hydrogen) atoms. The first-order valence-corrected chi connectivity index (χ1v) is 9.15. The van der Waals surface area contributed by atoms with Crippen LogP contribution < -0.4 is 4.90 Å². The number of para-hydroxylation sites is 1. The highest BCUT2D eigenvalue weighted by atomic mass is 35.5. The molecule has 1 saturated heterocycles. The summed E-state index contributed by atoms with van der Waals surface area (Å²) in [6.45, 7) is 3.49. The first-order chi connectivity index (χ1) is 11.8. The minimum absolute atomic E-state index is 0.676. The molecule has 1 aliphatic rings. The highest BCUT2D eigenvalue weighted by Crippen LogP contribution is 2.30. The van der Waals surface area contributed by atoms with Crippen molar-refractivity contribution in [2.75, 3.05) is 31.2 Å². The SMILES string of the molecule is Cl/C(=C\c1ccc(N2CCOCC2)cc1)c1nc2ccccc2s1. The Balaban J connectivity index is 1.55. The second kappa shape index (κ2) is 6.93. The van der Waals surface area contributed by atoms with Crippen LogP contribution in [-0.4, -0.2) is 31.3 Å². The standard InChI is InChI=1S/C19H17ClN2OS/c20-16(19-21-17-3-1-2-4-18(17)24-19)13-14-5-7-15(8-6-14)22-9-11-23-12-10-22/h1-8,13H,9-12H2/b16-13-. The van der Waals surface area contributed by atoms with Gasteiger partial charge in [0.15, 0.2) is 0 Å². The summed E-state index contributed by atoms with van der Waals surface area (Å²) in [7, 11) is 0. The van der Waals surface area contributed by atoms with E-state index in [1.54, 1.807) is 11.3 Å². The van der Waals surface area contributed by atoms with Gasteiger partial charge in [0.2, 0.25) is 0 Å². The maximum absolute atomic E-state index is 6.48. The number of aromatic nitrogens is 1. The summed E-state index contributed by atoms with van der Waals surface area (Å²) in [6.07, 6.45) is 1.97. The molecule has 0 amide bonds. The summed E-state index contributed by atoms with van der Waals surface area (Å²) in [6, 6.07) is 16.6. The van der Waals surface area contributed by atoms with Crippen molar-refractivity contribution < 1.29 is 4.74 Å². The van der Waals surface area contributed by atoms with E-state index in [9.17, 15) is 0 Å². The summed E-state index contributed by atoms with van der Waals surface area (Å²) in [5.74, 6) is 0. The van der Waals surface area contributed by atoms with Gasteiger partial charge in [-0.25, -0.2) is 4.98 Å². The van der Waals surface area contributed by atoms with Crippen molar-refractivity contribution in [3.05, 3.63) is 59.1 Å². The van der Waals surface area contributed by atoms with E-state index in [1.807, 2.05) is 24.3 Å². The Morgan fingerprint density at radius 3 is 2.58 bits per heavy atom. The van der Waals surface area contributed by atoms with E-state index >= 15 is 0 Å². The molecule has 1 aliphatic heterocycles. The van der Waals surface area contributed by atoms with Crippen LogP contribution in [0.25, 0.3) is 21.3 Å². The Hall–Kier alpha value is -1.88. The highest BCUT2D eigenvalue weighted by Gasteiger charge is 2.11. The fourth-order valence-electron chi connectivity index (χ4n) is 2.79. The van der Waals surface area contributed by atoms with Crippen LogP contribution >= 0.6 is 22.9 Å². The maximum Gasteiger partial charge on any atom is 0.136 e. The van der Waals surface area contributed by atoms with Gasteiger partial charge in [-0.15, -0.1) is 11.3 Å². The van der Waals surface area contributed by atoms with Crippen molar-refractivity contribution in [2.45, 2.75) is 0 Å². The van der Waals surface area contributed by atoms with Gasteiger partial charge >= 0.3 is 0 Å².